The van der Waals surface area contributed by atoms with Crippen LogP contribution in [-0.4, -0.2) is 57.6 Å². The molecule has 0 aliphatic heterocycles. The number of nitrogens with zero attached hydrogens (tertiary/aromatic N) is 1. The van der Waals surface area contributed by atoms with Crippen LogP contribution in [0.4, 0.5) is 0 Å². The van der Waals surface area contributed by atoms with Crippen molar-refractivity contribution in [2.45, 2.75) is 113 Å². The van der Waals surface area contributed by atoms with E-state index in [2.05, 4.69) is 21.4 Å². The van der Waals surface area contributed by atoms with E-state index in [0.717, 1.165) is 57.8 Å². The first-order valence-corrected chi connectivity index (χ1v) is 15.0. The number of carbonyl (C=O) groups excluding carboxylic acids is 1. The van der Waals surface area contributed by atoms with Gasteiger partial charge in [-0.2, -0.15) is 0 Å². The van der Waals surface area contributed by atoms with E-state index in [1.807, 2.05) is 6.92 Å². The fraction of sp³-hybridized carbons (Fsp3) is 0.952. The molecule has 4 aliphatic carbocycles. The molecule has 0 heterocycles. The molecule has 4 saturated carbocycles. The monoisotopic (exact) mass is 490 g/mol. The van der Waals surface area contributed by atoms with E-state index >= 15 is 0 Å². The van der Waals surface area contributed by atoms with E-state index in [4.69, 9.17) is 5.73 Å². The Balaban J connectivity index is 0.000000182. The average molecular weight is 491 g/mol. The molecule has 0 aromatic rings. The first kappa shape index (κ1) is 25.8. The van der Waals surface area contributed by atoms with Gasteiger partial charge in [0, 0.05) is 18.1 Å². The number of hydrogen-bond acceptors (Lipinski definition) is 7. The minimum atomic E-state index is -3.13. The summed E-state index contributed by atoms with van der Waals surface area (Å²) < 4.78 is 52.5. The van der Waals surface area contributed by atoms with Crippen molar-refractivity contribution in [3.63, 3.8) is 0 Å². The maximum atomic E-state index is 11.8. The zero-order valence-electron chi connectivity index (χ0n) is 19.1. The van der Waals surface area contributed by atoms with Crippen molar-refractivity contribution in [3.05, 3.63) is 0 Å². The quantitative estimate of drug-likeness (QED) is 0.330. The molecule has 0 radical (unpaired) electrons. The van der Waals surface area contributed by atoms with Crippen molar-refractivity contribution in [2.75, 3.05) is 0 Å². The highest BCUT2D eigenvalue weighted by atomic mass is 32.2. The molecule has 4 unspecified atom stereocenters. The number of nitrogens with one attached hydrogen (secondary N) is 2. The van der Waals surface area contributed by atoms with Crippen LogP contribution in [0.25, 0.3) is 0 Å². The Hall–Kier alpha value is -0.840. The van der Waals surface area contributed by atoms with Gasteiger partial charge in [-0.05, 0) is 63.2 Å². The summed E-state index contributed by atoms with van der Waals surface area (Å²) in [6, 6.07) is 0.120. The van der Waals surface area contributed by atoms with Gasteiger partial charge in [0.25, 0.3) is 0 Å². The van der Waals surface area contributed by atoms with Crippen LogP contribution >= 0.6 is 0 Å². The molecule has 32 heavy (non-hydrogen) atoms. The smallest absolute Gasteiger partial charge is 0.235 e. The number of aliphatic imine (C=N–C) groups is 1. The topological polar surface area (TPSA) is 148 Å². The van der Waals surface area contributed by atoms with Crippen LogP contribution in [0, 0.1) is 11.8 Å². The minimum Gasteiger partial charge on any atom is -0.327 e. The first-order valence-electron chi connectivity index (χ1n) is 11.9. The molecule has 9 nitrogen and oxygen atoms in total. The van der Waals surface area contributed by atoms with Crippen molar-refractivity contribution >= 4 is 26.1 Å². The van der Waals surface area contributed by atoms with Gasteiger partial charge < -0.3 is 5.73 Å². The number of nitrogens with two attached hydrogens (primary N) is 1. The predicted molar refractivity (Wildman–Crippen MR) is 124 cm³/mol. The van der Waals surface area contributed by atoms with Gasteiger partial charge in [0.2, 0.25) is 26.1 Å². The maximum absolute atomic E-state index is 11.8. The Morgan fingerprint density at radius 2 is 1.28 bits per heavy atom. The molecular formula is C21H38N4O5S2. The van der Waals surface area contributed by atoms with Gasteiger partial charge in [-0.25, -0.2) is 36.1 Å². The van der Waals surface area contributed by atoms with Gasteiger partial charge in [0.15, 0.2) is 0 Å². The largest absolute Gasteiger partial charge is 0.327 e. The molecule has 184 valence electrons. The molecule has 0 aromatic heterocycles. The first-order chi connectivity index (χ1) is 15.1. The summed E-state index contributed by atoms with van der Waals surface area (Å²) in [5, 5.41) is -0.300. The fourth-order valence-electron chi connectivity index (χ4n) is 5.00. The summed E-state index contributed by atoms with van der Waals surface area (Å²) in [5.74, 6) is 0.778. The van der Waals surface area contributed by atoms with Gasteiger partial charge in [-0.3, -0.25) is 0 Å². The van der Waals surface area contributed by atoms with Crippen LogP contribution in [0.3, 0.4) is 0 Å². The molecule has 11 heteroatoms. The Labute approximate surface area is 192 Å². The van der Waals surface area contributed by atoms with Crippen LogP contribution < -0.4 is 15.2 Å². The van der Waals surface area contributed by atoms with Gasteiger partial charge >= 0.3 is 0 Å². The molecule has 0 spiro atoms. The fourth-order valence-corrected chi connectivity index (χ4v) is 8.21. The molecule has 4 rings (SSSR count). The molecule has 0 bridgehead atoms. The van der Waals surface area contributed by atoms with E-state index in [9.17, 15) is 21.6 Å². The molecular weight excluding hydrogens is 452 g/mol. The summed E-state index contributed by atoms with van der Waals surface area (Å²) in [6.07, 6.45) is 9.85. The van der Waals surface area contributed by atoms with Crippen molar-refractivity contribution < 1.29 is 21.6 Å². The van der Waals surface area contributed by atoms with Crippen LogP contribution in [0.2, 0.25) is 0 Å². The van der Waals surface area contributed by atoms with Gasteiger partial charge in [0.05, 0.1) is 16.5 Å². The third-order valence-electron chi connectivity index (χ3n) is 7.26. The summed E-state index contributed by atoms with van der Waals surface area (Å²) in [4.78, 5) is 14.1. The van der Waals surface area contributed by atoms with Gasteiger partial charge in [-0.15, -0.1) is 0 Å². The van der Waals surface area contributed by atoms with Crippen LogP contribution in [0.5, 0.6) is 0 Å². The second-order valence-electron chi connectivity index (χ2n) is 9.85. The van der Waals surface area contributed by atoms with Crippen molar-refractivity contribution in [3.8, 4) is 0 Å². The molecule has 4 fully saturated rings. The molecule has 4 aliphatic rings. The van der Waals surface area contributed by atoms with Crippen LogP contribution in [0.15, 0.2) is 4.99 Å². The highest BCUT2D eigenvalue weighted by Crippen LogP contribution is 2.34. The second-order valence-corrected chi connectivity index (χ2v) is 13.8. The van der Waals surface area contributed by atoms with Crippen molar-refractivity contribution in [1.82, 2.24) is 9.44 Å². The Bertz CT molecular complexity index is 895. The highest BCUT2D eigenvalue weighted by molar-refractivity contribution is 7.90. The molecule has 0 aromatic carbocycles. The van der Waals surface area contributed by atoms with Crippen molar-refractivity contribution in [1.29, 1.82) is 0 Å². The number of rotatable bonds is 9. The molecule has 4 N–H and O–H groups in total. The lowest BCUT2D eigenvalue weighted by molar-refractivity contribution is 0.459. The van der Waals surface area contributed by atoms with E-state index in [1.54, 1.807) is 6.08 Å². The third kappa shape index (κ3) is 6.84. The van der Waals surface area contributed by atoms with Crippen LogP contribution in [-0.2, 0) is 24.8 Å². The van der Waals surface area contributed by atoms with Gasteiger partial charge in [0.1, 0.15) is 0 Å². The third-order valence-corrected chi connectivity index (χ3v) is 11.3. The second kappa shape index (κ2) is 10.6. The normalized spacial score (nSPS) is 35.1. The standard InChI is InChI=1S/C11H18N2O3S.C10H20N2O2S/c1-2-8-5-9(6-11(8)12-7-14)13-17(15,16)10-3-4-10;1-2-7-5-8(6-10(7)11)12-15(13,14)9-3-4-9/h8-11,13H,2-6H2,1H3;7-10,12H,2-6,11H2,1H3/t8-,9?,11?;7-,8?,10?/m11/s1. The summed E-state index contributed by atoms with van der Waals surface area (Å²) >= 11 is 0. The average Bonchev–Trinajstić information content (AvgIpc) is 3.63. The summed E-state index contributed by atoms with van der Waals surface area (Å²) in [7, 11) is -6.16. The number of sulfonamides is 2. The van der Waals surface area contributed by atoms with E-state index in [0.29, 0.717) is 18.3 Å². The highest BCUT2D eigenvalue weighted by Gasteiger charge is 2.41. The molecule has 0 amide bonds. The lowest BCUT2D eigenvalue weighted by atomic mass is 10.0. The Morgan fingerprint density at radius 3 is 1.69 bits per heavy atom. The van der Waals surface area contributed by atoms with E-state index < -0.39 is 20.0 Å². The van der Waals surface area contributed by atoms with E-state index in [1.165, 1.54) is 0 Å². The Morgan fingerprint density at radius 1 is 0.812 bits per heavy atom. The lowest BCUT2D eigenvalue weighted by Crippen LogP contribution is -2.36. The maximum Gasteiger partial charge on any atom is 0.235 e. The lowest BCUT2D eigenvalue weighted by Gasteiger charge is -2.12. The van der Waals surface area contributed by atoms with E-state index in [-0.39, 0.29) is 34.7 Å². The summed E-state index contributed by atoms with van der Waals surface area (Å²) in [6.45, 7) is 4.15. The van der Waals surface area contributed by atoms with Crippen LogP contribution in [0.1, 0.15) is 78.1 Å². The minimum absolute atomic E-state index is 0.0624. The SMILES string of the molecule is CC[C@@H]1CC(NS(=O)(=O)C2CC2)CC1N.CC[C@@H]1CC(NS(=O)(=O)C2CC2)CC1N=C=O. The van der Waals surface area contributed by atoms with Gasteiger partial charge in [-0.1, -0.05) is 26.7 Å². The molecule has 0 saturated heterocycles. The number of isocyanates is 1. The number of hydrogen-bond donors (Lipinski definition) is 3. The zero-order chi connectivity index (χ0) is 23.5. The molecule has 6 atom stereocenters. The Kier molecular flexibility index (Phi) is 8.55. The predicted octanol–water partition coefficient (Wildman–Crippen LogP) is 1.55. The zero-order valence-corrected chi connectivity index (χ0v) is 20.7. The summed E-state index contributed by atoms with van der Waals surface area (Å²) in [5.41, 5.74) is 5.96. The van der Waals surface area contributed by atoms with Crippen molar-refractivity contribution in [2.24, 2.45) is 22.6 Å².